The van der Waals surface area contributed by atoms with Gasteiger partial charge >= 0.3 is 12.1 Å². The molecular formula is C15H25NO4. The normalized spacial score (nSPS) is 30.9. The summed E-state index contributed by atoms with van der Waals surface area (Å²) in [5.74, 6) is -0.583. The first-order valence-electron chi connectivity index (χ1n) is 7.34. The number of carbonyl (C=O) groups is 2. The molecule has 0 aromatic carbocycles. The van der Waals surface area contributed by atoms with Crippen molar-refractivity contribution < 1.29 is 19.4 Å². The highest BCUT2D eigenvalue weighted by atomic mass is 16.6. The van der Waals surface area contributed by atoms with Crippen molar-refractivity contribution in [2.75, 3.05) is 6.54 Å². The number of carbonyl (C=O) groups excluding carboxylic acids is 1. The van der Waals surface area contributed by atoms with Crippen LogP contribution in [0, 0.1) is 17.3 Å². The van der Waals surface area contributed by atoms with E-state index in [0.29, 0.717) is 6.54 Å². The summed E-state index contributed by atoms with van der Waals surface area (Å²) in [4.78, 5) is 25.2. The zero-order valence-electron chi connectivity index (χ0n) is 13.0. The molecule has 1 N–H and O–H groups in total. The lowest BCUT2D eigenvalue weighted by molar-refractivity contribution is -0.143. The van der Waals surface area contributed by atoms with Crippen molar-refractivity contribution in [3.63, 3.8) is 0 Å². The van der Waals surface area contributed by atoms with Gasteiger partial charge in [-0.15, -0.1) is 0 Å². The zero-order valence-corrected chi connectivity index (χ0v) is 13.0. The summed E-state index contributed by atoms with van der Waals surface area (Å²) in [6, 6.07) is -0.736. The van der Waals surface area contributed by atoms with Crippen LogP contribution in [0.2, 0.25) is 0 Å². The van der Waals surface area contributed by atoms with Gasteiger partial charge in [0.1, 0.15) is 11.6 Å². The number of amides is 1. The van der Waals surface area contributed by atoms with E-state index >= 15 is 0 Å². The summed E-state index contributed by atoms with van der Waals surface area (Å²) < 4.78 is 5.50. The van der Waals surface area contributed by atoms with Crippen LogP contribution in [-0.2, 0) is 9.53 Å². The fourth-order valence-corrected chi connectivity index (χ4v) is 3.70. The van der Waals surface area contributed by atoms with E-state index in [1.54, 1.807) is 0 Å². The number of hydrogen-bond donors (Lipinski definition) is 1. The first-order chi connectivity index (χ1) is 9.12. The van der Waals surface area contributed by atoms with Crippen molar-refractivity contribution in [2.24, 2.45) is 17.3 Å². The van der Waals surface area contributed by atoms with Gasteiger partial charge in [0, 0.05) is 12.5 Å². The van der Waals surface area contributed by atoms with Gasteiger partial charge in [-0.05, 0) is 31.6 Å². The molecule has 5 heteroatoms. The molecule has 1 aliphatic carbocycles. The van der Waals surface area contributed by atoms with Crippen LogP contribution in [0.15, 0.2) is 0 Å². The second-order valence-corrected chi connectivity index (χ2v) is 7.27. The third-order valence-corrected chi connectivity index (χ3v) is 4.91. The molecule has 1 amide bonds. The van der Waals surface area contributed by atoms with Crippen LogP contribution >= 0.6 is 0 Å². The van der Waals surface area contributed by atoms with E-state index in [1.807, 2.05) is 20.8 Å². The molecule has 0 aromatic heterocycles. The first-order valence-corrected chi connectivity index (χ1v) is 7.34. The molecule has 1 heterocycles. The summed E-state index contributed by atoms with van der Waals surface area (Å²) in [7, 11) is 0. The van der Waals surface area contributed by atoms with Gasteiger partial charge < -0.3 is 9.84 Å². The van der Waals surface area contributed by atoms with E-state index in [9.17, 15) is 14.7 Å². The lowest BCUT2D eigenvalue weighted by atomic mass is 10.0. The number of likely N-dealkylation sites (tertiary alicyclic amines) is 1. The number of rotatable bonds is 4. The minimum Gasteiger partial charge on any atom is -0.480 e. The lowest BCUT2D eigenvalue weighted by Gasteiger charge is -2.32. The smallest absolute Gasteiger partial charge is 0.411 e. The summed E-state index contributed by atoms with van der Waals surface area (Å²) >= 11 is 0. The standard InChI is InChI=1S/C15H25NO4/c1-6-7-14(2,3)20-13(19)16-8-9-10(15(9,4)5)11(16)12(17)18/h9-11H,6-8H2,1-5H3,(H,17,18)/t9-,10-,11-/m0/s1. The fraction of sp³-hybridized carbons (Fsp3) is 0.867. The Bertz CT molecular complexity index is 430. The summed E-state index contributed by atoms with van der Waals surface area (Å²) in [5.41, 5.74) is -0.518. The fourth-order valence-electron chi connectivity index (χ4n) is 3.70. The van der Waals surface area contributed by atoms with Gasteiger partial charge in [-0.1, -0.05) is 27.2 Å². The van der Waals surface area contributed by atoms with Gasteiger partial charge in [0.15, 0.2) is 0 Å². The molecule has 0 unspecified atom stereocenters. The Morgan fingerprint density at radius 2 is 2.00 bits per heavy atom. The van der Waals surface area contributed by atoms with Crippen LogP contribution in [-0.4, -0.2) is 40.3 Å². The first kappa shape index (κ1) is 15.1. The van der Waals surface area contributed by atoms with E-state index in [4.69, 9.17) is 4.74 Å². The van der Waals surface area contributed by atoms with E-state index in [2.05, 4.69) is 13.8 Å². The molecule has 114 valence electrons. The Kier molecular flexibility index (Phi) is 3.51. The Balaban J connectivity index is 2.06. The lowest BCUT2D eigenvalue weighted by Crippen LogP contribution is -2.47. The number of carboxylic acid groups (broad SMARTS) is 1. The van der Waals surface area contributed by atoms with E-state index < -0.39 is 23.7 Å². The molecule has 0 aromatic rings. The molecule has 2 aliphatic rings. The molecule has 2 fully saturated rings. The van der Waals surface area contributed by atoms with E-state index in [0.717, 1.165) is 12.8 Å². The average Bonchev–Trinajstić information content (AvgIpc) is 2.70. The molecule has 1 saturated heterocycles. The average molecular weight is 283 g/mol. The highest BCUT2D eigenvalue weighted by Gasteiger charge is 2.70. The second kappa shape index (κ2) is 4.64. The minimum atomic E-state index is -0.923. The number of carboxylic acids is 1. The SMILES string of the molecule is CCCC(C)(C)OC(=O)N1C[C@H]2[C@@H]([C@H]1C(=O)O)C2(C)C. The van der Waals surface area contributed by atoms with Gasteiger partial charge in [0.25, 0.3) is 0 Å². The maximum absolute atomic E-state index is 12.3. The maximum atomic E-state index is 12.3. The molecule has 0 bridgehead atoms. The van der Waals surface area contributed by atoms with Crippen molar-refractivity contribution in [1.82, 2.24) is 4.90 Å². The topological polar surface area (TPSA) is 66.8 Å². The third kappa shape index (κ3) is 2.38. The van der Waals surface area contributed by atoms with Crippen LogP contribution < -0.4 is 0 Å². The summed E-state index contributed by atoms with van der Waals surface area (Å²) in [6.07, 6.45) is 1.20. The molecule has 2 rings (SSSR count). The largest absolute Gasteiger partial charge is 0.480 e. The molecule has 5 nitrogen and oxygen atoms in total. The Hall–Kier alpha value is -1.26. The Labute approximate surface area is 120 Å². The number of aliphatic carboxylic acids is 1. The predicted octanol–water partition coefficient (Wildman–Crippen LogP) is 2.74. The summed E-state index contributed by atoms with van der Waals surface area (Å²) in [5, 5.41) is 9.41. The Morgan fingerprint density at radius 1 is 1.40 bits per heavy atom. The maximum Gasteiger partial charge on any atom is 0.411 e. The Morgan fingerprint density at radius 3 is 2.50 bits per heavy atom. The van der Waals surface area contributed by atoms with Crippen molar-refractivity contribution >= 4 is 12.1 Å². The van der Waals surface area contributed by atoms with Crippen LogP contribution in [0.3, 0.4) is 0 Å². The number of fused-ring (bicyclic) bond motifs is 1. The third-order valence-electron chi connectivity index (χ3n) is 4.91. The quantitative estimate of drug-likeness (QED) is 0.861. The van der Waals surface area contributed by atoms with Gasteiger partial charge in [-0.2, -0.15) is 0 Å². The number of nitrogens with zero attached hydrogens (tertiary/aromatic N) is 1. The molecule has 20 heavy (non-hydrogen) atoms. The highest BCUT2D eigenvalue weighted by Crippen LogP contribution is 2.64. The van der Waals surface area contributed by atoms with Gasteiger partial charge in [-0.25, -0.2) is 9.59 Å². The molecule has 3 atom stereocenters. The van der Waals surface area contributed by atoms with Gasteiger partial charge in [0.05, 0.1) is 0 Å². The van der Waals surface area contributed by atoms with Gasteiger partial charge in [-0.3, -0.25) is 4.90 Å². The van der Waals surface area contributed by atoms with Crippen molar-refractivity contribution in [3.8, 4) is 0 Å². The predicted molar refractivity (Wildman–Crippen MR) is 74.4 cm³/mol. The highest BCUT2D eigenvalue weighted by molar-refractivity contribution is 5.82. The monoisotopic (exact) mass is 283 g/mol. The number of hydrogen-bond acceptors (Lipinski definition) is 3. The summed E-state index contributed by atoms with van der Waals surface area (Å²) in [6.45, 7) is 10.4. The van der Waals surface area contributed by atoms with E-state index in [1.165, 1.54) is 4.90 Å². The van der Waals surface area contributed by atoms with Crippen LogP contribution in [0.1, 0.15) is 47.5 Å². The van der Waals surface area contributed by atoms with Gasteiger partial charge in [0.2, 0.25) is 0 Å². The van der Waals surface area contributed by atoms with Crippen LogP contribution in [0.4, 0.5) is 4.79 Å². The second-order valence-electron chi connectivity index (χ2n) is 7.27. The molecule has 1 aliphatic heterocycles. The van der Waals surface area contributed by atoms with Crippen molar-refractivity contribution in [2.45, 2.75) is 59.1 Å². The number of ether oxygens (including phenoxy) is 1. The van der Waals surface area contributed by atoms with Crippen molar-refractivity contribution in [1.29, 1.82) is 0 Å². The zero-order chi connectivity index (χ0) is 15.3. The number of piperidine rings is 1. The van der Waals surface area contributed by atoms with E-state index in [-0.39, 0.29) is 17.3 Å². The molecular weight excluding hydrogens is 258 g/mol. The molecule has 1 saturated carbocycles. The van der Waals surface area contributed by atoms with Crippen molar-refractivity contribution in [3.05, 3.63) is 0 Å². The molecule has 0 spiro atoms. The van der Waals surface area contributed by atoms with Crippen LogP contribution in [0.25, 0.3) is 0 Å². The minimum absolute atomic E-state index is 0.0266. The molecule has 0 radical (unpaired) electrons. The van der Waals surface area contributed by atoms with Crippen LogP contribution in [0.5, 0.6) is 0 Å².